The molecule has 0 aromatic carbocycles. The maximum atomic E-state index is 12.3. The van der Waals surface area contributed by atoms with E-state index in [4.69, 9.17) is 5.73 Å². The summed E-state index contributed by atoms with van der Waals surface area (Å²) in [5, 5.41) is 9.25. The lowest BCUT2D eigenvalue weighted by atomic mass is 9.79. The quantitative estimate of drug-likeness (QED) is 0.727. The molecule has 6 nitrogen and oxygen atoms in total. The standard InChI is InChI=1S/C13H22N2O4/c1-13(2,3)9(12(18)19)11(17)15-6-4-5-8(7-15)10(14)16/h8-9H,4-7H2,1-3H3,(H2,14,16)(H,18,19). The predicted octanol–water partition coefficient (Wildman–Crippen LogP) is 0.457. The summed E-state index contributed by atoms with van der Waals surface area (Å²) in [6, 6.07) is 0. The van der Waals surface area contributed by atoms with Crippen molar-refractivity contribution in [2.75, 3.05) is 13.1 Å². The van der Waals surface area contributed by atoms with Crippen LogP contribution < -0.4 is 5.73 Å². The molecule has 0 aliphatic carbocycles. The molecule has 0 bridgehead atoms. The predicted molar refractivity (Wildman–Crippen MR) is 69.1 cm³/mol. The highest BCUT2D eigenvalue weighted by molar-refractivity contribution is 5.98. The number of hydrogen-bond acceptors (Lipinski definition) is 3. The minimum Gasteiger partial charge on any atom is -0.481 e. The number of carbonyl (C=O) groups is 3. The maximum Gasteiger partial charge on any atom is 0.316 e. The number of rotatable bonds is 3. The fraction of sp³-hybridized carbons (Fsp3) is 0.769. The van der Waals surface area contributed by atoms with Crippen LogP contribution in [0.2, 0.25) is 0 Å². The molecule has 0 saturated carbocycles. The van der Waals surface area contributed by atoms with Gasteiger partial charge in [-0.15, -0.1) is 0 Å². The van der Waals surface area contributed by atoms with Gasteiger partial charge in [-0.05, 0) is 18.3 Å². The molecule has 1 saturated heterocycles. The molecule has 3 N–H and O–H groups in total. The Labute approximate surface area is 112 Å². The summed E-state index contributed by atoms with van der Waals surface area (Å²) >= 11 is 0. The van der Waals surface area contributed by atoms with Gasteiger partial charge in [0.25, 0.3) is 0 Å². The van der Waals surface area contributed by atoms with Gasteiger partial charge in [0.15, 0.2) is 0 Å². The van der Waals surface area contributed by atoms with Crippen molar-refractivity contribution in [3.8, 4) is 0 Å². The maximum absolute atomic E-state index is 12.3. The number of nitrogens with zero attached hydrogens (tertiary/aromatic N) is 1. The van der Waals surface area contributed by atoms with Gasteiger partial charge in [0.05, 0.1) is 5.92 Å². The van der Waals surface area contributed by atoms with E-state index < -0.39 is 29.1 Å². The third-order valence-electron chi connectivity index (χ3n) is 3.50. The minimum absolute atomic E-state index is 0.230. The molecule has 108 valence electrons. The van der Waals surface area contributed by atoms with Crippen molar-refractivity contribution in [3.05, 3.63) is 0 Å². The lowest BCUT2D eigenvalue weighted by Gasteiger charge is -2.36. The Balaban J connectivity index is 2.86. The van der Waals surface area contributed by atoms with Crippen LogP contribution in [0.4, 0.5) is 0 Å². The average molecular weight is 270 g/mol. The van der Waals surface area contributed by atoms with Crippen molar-refractivity contribution < 1.29 is 19.5 Å². The smallest absolute Gasteiger partial charge is 0.316 e. The summed E-state index contributed by atoms with van der Waals surface area (Å²) in [6.45, 7) is 5.88. The molecule has 2 atom stereocenters. The van der Waals surface area contributed by atoms with E-state index in [0.29, 0.717) is 19.4 Å². The van der Waals surface area contributed by atoms with Crippen LogP contribution in [0.25, 0.3) is 0 Å². The van der Waals surface area contributed by atoms with Crippen molar-refractivity contribution in [2.45, 2.75) is 33.6 Å². The minimum atomic E-state index is -1.13. The fourth-order valence-corrected chi connectivity index (χ4v) is 2.44. The first-order chi connectivity index (χ1) is 8.64. The molecule has 1 aliphatic heterocycles. The number of carboxylic acid groups (broad SMARTS) is 1. The first-order valence-corrected chi connectivity index (χ1v) is 6.45. The highest BCUT2D eigenvalue weighted by Crippen LogP contribution is 2.29. The van der Waals surface area contributed by atoms with Gasteiger partial charge in [-0.25, -0.2) is 0 Å². The number of likely N-dealkylation sites (tertiary alicyclic amines) is 1. The third-order valence-corrected chi connectivity index (χ3v) is 3.50. The average Bonchev–Trinajstić information content (AvgIpc) is 2.26. The van der Waals surface area contributed by atoms with E-state index in [-0.39, 0.29) is 12.5 Å². The Bertz CT molecular complexity index is 387. The van der Waals surface area contributed by atoms with Crippen LogP contribution >= 0.6 is 0 Å². The largest absolute Gasteiger partial charge is 0.481 e. The molecule has 6 heteroatoms. The zero-order chi connectivity index (χ0) is 14.8. The van der Waals surface area contributed by atoms with E-state index in [9.17, 15) is 19.5 Å². The number of carbonyl (C=O) groups excluding carboxylic acids is 2. The third kappa shape index (κ3) is 3.68. The second-order valence-electron chi connectivity index (χ2n) is 6.16. The number of carboxylic acids is 1. The molecular formula is C13H22N2O4. The van der Waals surface area contributed by atoms with Gasteiger partial charge in [-0.1, -0.05) is 20.8 Å². The van der Waals surface area contributed by atoms with Gasteiger partial charge in [0.2, 0.25) is 11.8 Å². The van der Waals surface area contributed by atoms with Gasteiger partial charge in [0.1, 0.15) is 5.92 Å². The summed E-state index contributed by atoms with van der Waals surface area (Å²) in [4.78, 5) is 36.3. The van der Waals surface area contributed by atoms with Crippen LogP contribution in [0.15, 0.2) is 0 Å². The highest BCUT2D eigenvalue weighted by atomic mass is 16.4. The summed E-state index contributed by atoms with van der Waals surface area (Å²) < 4.78 is 0. The lowest BCUT2D eigenvalue weighted by Crippen LogP contribution is -2.50. The Morgan fingerprint density at radius 1 is 1.32 bits per heavy atom. The van der Waals surface area contributed by atoms with Gasteiger partial charge in [-0.2, -0.15) is 0 Å². The highest BCUT2D eigenvalue weighted by Gasteiger charge is 2.41. The zero-order valence-corrected chi connectivity index (χ0v) is 11.7. The molecule has 0 radical (unpaired) electrons. The molecule has 2 amide bonds. The van der Waals surface area contributed by atoms with E-state index in [0.717, 1.165) is 0 Å². The van der Waals surface area contributed by atoms with E-state index in [1.807, 2.05) is 0 Å². The molecular weight excluding hydrogens is 248 g/mol. The van der Waals surface area contributed by atoms with Crippen molar-refractivity contribution in [1.29, 1.82) is 0 Å². The Kier molecular flexibility index (Phi) is 4.55. The first-order valence-electron chi connectivity index (χ1n) is 6.45. The molecule has 19 heavy (non-hydrogen) atoms. The normalized spacial score (nSPS) is 21.8. The van der Waals surface area contributed by atoms with E-state index >= 15 is 0 Å². The van der Waals surface area contributed by atoms with Gasteiger partial charge < -0.3 is 15.7 Å². The Hall–Kier alpha value is -1.59. The number of primary amides is 1. The number of aliphatic carboxylic acids is 1. The second kappa shape index (κ2) is 5.59. The topological polar surface area (TPSA) is 101 Å². The first kappa shape index (κ1) is 15.5. The number of nitrogens with two attached hydrogens (primary N) is 1. The number of hydrogen-bond donors (Lipinski definition) is 2. The molecule has 1 heterocycles. The fourth-order valence-electron chi connectivity index (χ4n) is 2.44. The van der Waals surface area contributed by atoms with Crippen LogP contribution in [0.1, 0.15) is 33.6 Å². The monoisotopic (exact) mass is 270 g/mol. The van der Waals surface area contributed by atoms with Gasteiger partial charge in [0, 0.05) is 13.1 Å². The van der Waals surface area contributed by atoms with Crippen LogP contribution in [0.5, 0.6) is 0 Å². The summed E-state index contributed by atoms with van der Waals surface area (Å²) in [6.07, 6.45) is 1.34. The van der Waals surface area contributed by atoms with Crippen LogP contribution in [0.3, 0.4) is 0 Å². The zero-order valence-electron chi connectivity index (χ0n) is 11.7. The molecule has 0 aromatic rings. The van der Waals surface area contributed by atoms with Crippen LogP contribution in [0, 0.1) is 17.3 Å². The second-order valence-corrected chi connectivity index (χ2v) is 6.16. The van der Waals surface area contributed by atoms with Crippen LogP contribution in [-0.4, -0.2) is 40.9 Å². The van der Waals surface area contributed by atoms with E-state index in [1.54, 1.807) is 20.8 Å². The summed E-state index contributed by atoms with van der Waals surface area (Å²) in [5.74, 6) is -3.45. The van der Waals surface area contributed by atoms with Gasteiger partial charge >= 0.3 is 5.97 Å². The summed E-state index contributed by atoms with van der Waals surface area (Å²) in [5.41, 5.74) is 4.59. The molecule has 1 fully saturated rings. The lowest BCUT2D eigenvalue weighted by molar-refractivity contribution is -0.157. The molecule has 2 unspecified atom stereocenters. The molecule has 1 rings (SSSR count). The summed E-state index contributed by atoms with van der Waals surface area (Å²) in [7, 11) is 0. The van der Waals surface area contributed by atoms with E-state index in [1.165, 1.54) is 4.90 Å². The molecule has 0 aromatic heterocycles. The van der Waals surface area contributed by atoms with Crippen LogP contribution in [-0.2, 0) is 14.4 Å². The van der Waals surface area contributed by atoms with Crippen molar-refractivity contribution in [3.63, 3.8) is 0 Å². The van der Waals surface area contributed by atoms with Crippen molar-refractivity contribution in [1.82, 2.24) is 4.90 Å². The van der Waals surface area contributed by atoms with Crippen molar-refractivity contribution in [2.24, 2.45) is 23.0 Å². The SMILES string of the molecule is CC(C)(C)C(C(=O)O)C(=O)N1CCCC(C(N)=O)C1. The van der Waals surface area contributed by atoms with Gasteiger partial charge in [-0.3, -0.25) is 14.4 Å². The molecule has 1 aliphatic rings. The molecule has 0 spiro atoms. The number of amides is 2. The van der Waals surface area contributed by atoms with Crippen molar-refractivity contribution >= 4 is 17.8 Å². The number of piperidine rings is 1. The Morgan fingerprint density at radius 2 is 1.89 bits per heavy atom. The Morgan fingerprint density at radius 3 is 2.32 bits per heavy atom. The van der Waals surface area contributed by atoms with E-state index in [2.05, 4.69) is 0 Å².